The zero-order chi connectivity index (χ0) is 19.2. The fourth-order valence-electron chi connectivity index (χ4n) is 2.35. The highest BCUT2D eigenvalue weighted by Gasteiger charge is 2.22. The standard InChI is InChI=1S/C19H17N3O4S/c1-25-15-9-12(10-16-18(24)22-19(20)27-16)7-8-14(15)26-11-17(23)21-13-5-3-2-4-6-13/h2-10H,11H2,1H3,(H,21,23)(H2,20,22,24)/b16-10-. The van der Waals surface area contributed by atoms with Gasteiger partial charge in [0.15, 0.2) is 23.3 Å². The van der Waals surface area contributed by atoms with Crippen molar-refractivity contribution in [1.82, 2.24) is 5.32 Å². The lowest BCUT2D eigenvalue weighted by Gasteiger charge is -2.11. The number of amidine groups is 1. The third-order valence-electron chi connectivity index (χ3n) is 3.56. The van der Waals surface area contributed by atoms with Crippen LogP contribution < -0.4 is 20.1 Å². The van der Waals surface area contributed by atoms with E-state index in [0.717, 1.165) is 17.3 Å². The van der Waals surface area contributed by atoms with Gasteiger partial charge < -0.3 is 20.1 Å². The minimum absolute atomic E-state index is 0.0996. The molecular formula is C19H17N3O4S. The number of ether oxygens (including phenoxy) is 2. The zero-order valence-corrected chi connectivity index (χ0v) is 15.3. The number of thioether (sulfide) groups is 1. The van der Waals surface area contributed by atoms with E-state index >= 15 is 0 Å². The average molecular weight is 383 g/mol. The van der Waals surface area contributed by atoms with Crippen LogP contribution in [0.3, 0.4) is 0 Å². The molecule has 1 fully saturated rings. The smallest absolute Gasteiger partial charge is 0.264 e. The molecule has 7 nitrogen and oxygen atoms in total. The molecular weight excluding hydrogens is 366 g/mol. The number of carbonyl (C=O) groups excluding carboxylic acids is 2. The number of nitrogens with one attached hydrogen (secondary N) is 3. The highest BCUT2D eigenvalue weighted by Crippen LogP contribution is 2.31. The molecule has 138 valence electrons. The normalized spacial score (nSPS) is 14.8. The van der Waals surface area contributed by atoms with Gasteiger partial charge in [-0.05, 0) is 47.7 Å². The SMILES string of the molecule is COc1cc(/C=C2\SC(=N)NC2=O)ccc1OCC(=O)Nc1ccccc1. The molecule has 1 aliphatic heterocycles. The number of hydrogen-bond donors (Lipinski definition) is 3. The van der Waals surface area contributed by atoms with Crippen molar-refractivity contribution in [3.05, 3.63) is 59.0 Å². The highest BCUT2D eigenvalue weighted by atomic mass is 32.2. The molecule has 0 aliphatic carbocycles. The second-order valence-corrected chi connectivity index (χ2v) is 6.56. The van der Waals surface area contributed by atoms with E-state index in [1.807, 2.05) is 18.2 Å². The third-order valence-corrected chi connectivity index (χ3v) is 4.39. The molecule has 0 aromatic heterocycles. The molecule has 0 unspecified atom stereocenters. The molecule has 0 atom stereocenters. The van der Waals surface area contributed by atoms with Gasteiger partial charge in [0.1, 0.15) is 0 Å². The average Bonchev–Trinajstić information content (AvgIpc) is 2.98. The molecule has 0 saturated carbocycles. The summed E-state index contributed by atoms with van der Waals surface area (Å²) in [6, 6.07) is 14.2. The summed E-state index contributed by atoms with van der Waals surface area (Å²) < 4.78 is 10.9. The summed E-state index contributed by atoms with van der Waals surface area (Å²) in [7, 11) is 1.50. The van der Waals surface area contributed by atoms with Gasteiger partial charge in [0.2, 0.25) is 0 Å². The Labute approximate surface area is 160 Å². The molecule has 1 saturated heterocycles. The summed E-state index contributed by atoms with van der Waals surface area (Å²) in [4.78, 5) is 24.1. The quantitative estimate of drug-likeness (QED) is 0.666. The maximum atomic E-state index is 12.0. The van der Waals surface area contributed by atoms with E-state index in [1.54, 1.807) is 36.4 Å². The van der Waals surface area contributed by atoms with Crippen molar-refractivity contribution in [2.75, 3.05) is 19.0 Å². The van der Waals surface area contributed by atoms with Crippen LogP contribution in [0.4, 0.5) is 5.69 Å². The first kappa shape index (κ1) is 18.5. The maximum Gasteiger partial charge on any atom is 0.264 e. The molecule has 0 radical (unpaired) electrons. The van der Waals surface area contributed by atoms with Crippen LogP contribution in [0.2, 0.25) is 0 Å². The first-order chi connectivity index (χ1) is 13.0. The summed E-state index contributed by atoms with van der Waals surface area (Å²) in [5, 5.41) is 12.7. The van der Waals surface area contributed by atoms with Gasteiger partial charge in [-0.25, -0.2) is 0 Å². The summed E-state index contributed by atoms with van der Waals surface area (Å²) >= 11 is 1.06. The molecule has 3 N–H and O–H groups in total. The monoisotopic (exact) mass is 383 g/mol. The van der Waals surface area contributed by atoms with Crippen molar-refractivity contribution in [3.63, 3.8) is 0 Å². The first-order valence-electron chi connectivity index (χ1n) is 8.00. The Balaban J connectivity index is 1.66. The Bertz CT molecular complexity index is 912. The number of methoxy groups -OCH3 is 1. The molecule has 3 rings (SSSR count). The van der Waals surface area contributed by atoms with Gasteiger partial charge in [0, 0.05) is 5.69 Å². The maximum absolute atomic E-state index is 12.0. The Hall–Kier alpha value is -3.26. The van der Waals surface area contributed by atoms with Crippen LogP contribution in [0, 0.1) is 5.41 Å². The van der Waals surface area contributed by atoms with Crippen LogP contribution in [-0.4, -0.2) is 30.7 Å². The van der Waals surface area contributed by atoms with Gasteiger partial charge in [-0.3, -0.25) is 15.0 Å². The first-order valence-corrected chi connectivity index (χ1v) is 8.82. The van der Waals surface area contributed by atoms with Crippen molar-refractivity contribution in [1.29, 1.82) is 5.41 Å². The molecule has 0 spiro atoms. The predicted molar refractivity (Wildman–Crippen MR) is 105 cm³/mol. The number of anilines is 1. The molecule has 2 aromatic rings. The van der Waals surface area contributed by atoms with Crippen LogP contribution in [-0.2, 0) is 9.59 Å². The summed E-state index contributed by atoms with van der Waals surface area (Å²) in [6.07, 6.45) is 1.66. The summed E-state index contributed by atoms with van der Waals surface area (Å²) in [5.74, 6) is 0.267. The Morgan fingerprint density at radius 1 is 1.22 bits per heavy atom. The van der Waals surface area contributed by atoms with Gasteiger partial charge in [0.25, 0.3) is 11.8 Å². The molecule has 27 heavy (non-hydrogen) atoms. The lowest BCUT2D eigenvalue weighted by molar-refractivity contribution is -0.118. The van der Waals surface area contributed by atoms with E-state index in [-0.39, 0.29) is 23.6 Å². The molecule has 0 bridgehead atoms. The molecule has 2 aromatic carbocycles. The van der Waals surface area contributed by atoms with Gasteiger partial charge in [0.05, 0.1) is 12.0 Å². The fraction of sp³-hybridized carbons (Fsp3) is 0.105. The van der Waals surface area contributed by atoms with E-state index in [1.165, 1.54) is 7.11 Å². The summed E-state index contributed by atoms with van der Waals surface area (Å²) in [6.45, 7) is -0.166. The molecule has 8 heteroatoms. The Morgan fingerprint density at radius 3 is 2.67 bits per heavy atom. The van der Waals surface area contributed by atoms with Crippen LogP contribution in [0.1, 0.15) is 5.56 Å². The van der Waals surface area contributed by atoms with Crippen molar-refractivity contribution in [3.8, 4) is 11.5 Å². The molecule has 1 heterocycles. The number of rotatable bonds is 6. The second-order valence-electron chi connectivity index (χ2n) is 5.51. The Kier molecular flexibility index (Phi) is 5.77. The molecule has 1 aliphatic rings. The van der Waals surface area contributed by atoms with Gasteiger partial charge >= 0.3 is 0 Å². The van der Waals surface area contributed by atoms with E-state index < -0.39 is 0 Å². The fourth-order valence-corrected chi connectivity index (χ4v) is 3.05. The second kappa shape index (κ2) is 8.41. The lowest BCUT2D eigenvalue weighted by atomic mass is 10.2. The number of para-hydroxylation sites is 1. The zero-order valence-electron chi connectivity index (χ0n) is 14.4. The van der Waals surface area contributed by atoms with Crippen LogP contribution >= 0.6 is 11.8 Å². The molecule has 2 amide bonds. The van der Waals surface area contributed by atoms with Crippen molar-refractivity contribution >= 4 is 40.5 Å². The minimum Gasteiger partial charge on any atom is -0.493 e. The minimum atomic E-state index is -0.304. The van der Waals surface area contributed by atoms with Crippen molar-refractivity contribution in [2.45, 2.75) is 0 Å². The van der Waals surface area contributed by atoms with E-state index in [4.69, 9.17) is 14.9 Å². The van der Waals surface area contributed by atoms with Crippen molar-refractivity contribution < 1.29 is 19.1 Å². The van der Waals surface area contributed by atoms with Gasteiger partial charge in [-0.2, -0.15) is 0 Å². The van der Waals surface area contributed by atoms with E-state index in [9.17, 15) is 9.59 Å². The topological polar surface area (TPSA) is 101 Å². The number of benzene rings is 2. The Morgan fingerprint density at radius 2 is 2.00 bits per heavy atom. The number of carbonyl (C=O) groups is 2. The van der Waals surface area contributed by atoms with E-state index in [2.05, 4.69) is 10.6 Å². The van der Waals surface area contributed by atoms with E-state index in [0.29, 0.717) is 22.1 Å². The highest BCUT2D eigenvalue weighted by molar-refractivity contribution is 8.18. The number of amides is 2. The largest absolute Gasteiger partial charge is 0.493 e. The van der Waals surface area contributed by atoms with Crippen molar-refractivity contribution in [2.24, 2.45) is 0 Å². The van der Waals surface area contributed by atoms with Crippen LogP contribution in [0.25, 0.3) is 6.08 Å². The predicted octanol–water partition coefficient (Wildman–Crippen LogP) is 2.85. The summed E-state index contributed by atoms with van der Waals surface area (Å²) in [5.41, 5.74) is 1.42. The van der Waals surface area contributed by atoms with Gasteiger partial charge in [-0.1, -0.05) is 24.3 Å². The third kappa shape index (κ3) is 4.89. The van der Waals surface area contributed by atoms with Gasteiger partial charge in [-0.15, -0.1) is 0 Å². The number of hydrogen-bond acceptors (Lipinski definition) is 6. The lowest BCUT2D eigenvalue weighted by Crippen LogP contribution is -2.20. The van der Waals surface area contributed by atoms with Crippen LogP contribution in [0.15, 0.2) is 53.4 Å². The van der Waals surface area contributed by atoms with Crippen LogP contribution in [0.5, 0.6) is 11.5 Å².